The minimum Gasteiger partial charge on any atom is -0.457 e. The Balaban J connectivity index is 1.51. The molecule has 0 bridgehead atoms. The molecule has 3 aromatic heterocycles. The highest BCUT2D eigenvalue weighted by molar-refractivity contribution is 5.94. The molecule has 0 aliphatic heterocycles. The maximum atomic E-state index is 12.2. The third-order valence-electron chi connectivity index (χ3n) is 5.30. The van der Waals surface area contributed by atoms with E-state index in [-0.39, 0.29) is 6.03 Å². The maximum absolute atomic E-state index is 12.2. The molecular formula is C25H20N4O2. The zero-order valence-electron chi connectivity index (χ0n) is 17.2. The van der Waals surface area contributed by atoms with E-state index >= 15 is 0 Å². The van der Waals surface area contributed by atoms with Gasteiger partial charge in [-0.05, 0) is 61.0 Å². The third-order valence-corrected chi connectivity index (χ3v) is 5.30. The van der Waals surface area contributed by atoms with Crippen molar-refractivity contribution in [1.82, 2.24) is 19.9 Å². The monoisotopic (exact) mass is 408 g/mol. The molecule has 6 heteroatoms. The second-order valence-corrected chi connectivity index (χ2v) is 7.28. The van der Waals surface area contributed by atoms with Crippen LogP contribution < -0.4 is 10.1 Å². The van der Waals surface area contributed by atoms with Gasteiger partial charge in [-0.1, -0.05) is 12.1 Å². The van der Waals surface area contributed by atoms with Gasteiger partial charge in [-0.3, -0.25) is 14.5 Å². The highest BCUT2D eigenvalue weighted by Crippen LogP contribution is 2.33. The van der Waals surface area contributed by atoms with E-state index in [1.807, 2.05) is 73.8 Å². The van der Waals surface area contributed by atoms with Gasteiger partial charge in [0.2, 0.25) is 0 Å². The molecule has 2 aromatic carbocycles. The van der Waals surface area contributed by atoms with Crippen molar-refractivity contribution in [2.75, 3.05) is 7.05 Å². The number of carbonyl (C=O) groups excluding carboxylic acids is 1. The van der Waals surface area contributed by atoms with Crippen LogP contribution in [-0.2, 0) is 0 Å². The number of benzene rings is 2. The fourth-order valence-electron chi connectivity index (χ4n) is 3.83. The van der Waals surface area contributed by atoms with Crippen LogP contribution in [0, 0.1) is 6.92 Å². The molecule has 0 saturated carbocycles. The first-order valence-corrected chi connectivity index (χ1v) is 9.95. The van der Waals surface area contributed by atoms with E-state index < -0.39 is 0 Å². The van der Waals surface area contributed by atoms with Crippen LogP contribution in [0.3, 0.4) is 0 Å². The number of carbonyl (C=O) groups is 1. The summed E-state index contributed by atoms with van der Waals surface area (Å²) in [4.78, 5) is 20.9. The first kappa shape index (κ1) is 18.8. The van der Waals surface area contributed by atoms with Crippen molar-refractivity contribution in [1.29, 1.82) is 0 Å². The van der Waals surface area contributed by atoms with Gasteiger partial charge in [0.1, 0.15) is 11.5 Å². The number of amides is 1. The molecule has 1 N–H and O–H groups in total. The maximum Gasteiger partial charge on any atom is 0.325 e. The molecule has 0 atom stereocenters. The summed E-state index contributed by atoms with van der Waals surface area (Å²) >= 11 is 0. The Bertz CT molecular complexity index is 1420. The van der Waals surface area contributed by atoms with Crippen molar-refractivity contribution in [2.24, 2.45) is 0 Å². The largest absolute Gasteiger partial charge is 0.457 e. The summed E-state index contributed by atoms with van der Waals surface area (Å²) in [6.45, 7) is 1.91. The van der Waals surface area contributed by atoms with Crippen LogP contribution in [0.1, 0.15) is 5.69 Å². The predicted molar refractivity (Wildman–Crippen MR) is 122 cm³/mol. The fourth-order valence-corrected chi connectivity index (χ4v) is 3.83. The summed E-state index contributed by atoms with van der Waals surface area (Å²) in [5, 5.41) is 4.54. The summed E-state index contributed by atoms with van der Waals surface area (Å²) < 4.78 is 7.87. The first-order valence-electron chi connectivity index (χ1n) is 9.95. The second-order valence-electron chi connectivity index (χ2n) is 7.28. The minimum atomic E-state index is -0.161. The Morgan fingerprint density at radius 2 is 1.90 bits per heavy atom. The van der Waals surface area contributed by atoms with Crippen LogP contribution in [0.15, 0.2) is 79.3 Å². The van der Waals surface area contributed by atoms with Gasteiger partial charge in [0, 0.05) is 47.7 Å². The molecule has 0 aliphatic rings. The summed E-state index contributed by atoms with van der Waals surface area (Å²) in [5.41, 5.74) is 4.65. The number of hydrogen-bond donors (Lipinski definition) is 1. The molecule has 5 aromatic rings. The van der Waals surface area contributed by atoms with Crippen LogP contribution in [0.4, 0.5) is 4.79 Å². The van der Waals surface area contributed by atoms with Crippen LogP contribution in [-0.4, -0.2) is 27.6 Å². The van der Waals surface area contributed by atoms with Crippen molar-refractivity contribution < 1.29 is 9.53 Å². The number of hydrogen-bond acceptors (Lipinski definition) is 4. The lowest BCUT2D eigenvalue weighted by molar-refractivity contribution is 0.245. The molecule has 31 heavy (non-hydrogen) atoms. The Kier molecular flexibility index (Phi) is 4.59. The molecule has 0 fully saturated rings. The van der Waals surface area contributed by atoms with Gasteiger partial charge >= 0.3 is 6.03 Å². The Morgan fingerprint density at radius 3 is 2.71 bits per heavy atom. The minimum absolute atomic E-state index is 0.161. The summed E-state index contributed by atoms with van der Waals surface area (Å²) in [6.07, 6.45) is 5.34. The van der Waals surface area contributed by atoms with Crippen molar-refractivity contribution in [3.63, 3.8) is 0 Å². The Hall–Kier alpha value is -4.19. The van der Waals surface area contributed by atoms with Crippen molar-refractivity contribution in [2.45, 2.75) is 6.92 Å². The van der Waals surface area contributed by atoms with E-state index in [0.29, 0.717) is 5.75 Å². The van der Waals surface area contributed by atoms with Crippen molar-refractivity contribution >= 4 is 27.8 Å². The number of fused-ring (bicyclic) bond motifs is 2. The van der Waals surface area contributed by atoms with E-state index in [0.717, 1.165) is 44.4 Å². The Morgan fingerprint density at radius 1 is 1.00 bits per heavy atom. The summed E-state index contributed by atoms with van der Waals surface area (Å²) in [7, 11) is 1.62. The lowest BCUT2D eigenvalue weighted by Gasteiger charge is -2.10. The average molecular weight is 408 g/mol. The zero-order chi connectivity index (χ0) is 21.4. The molecule has 3 heterocycles. The van der Waals surface area contributed by atoms with Crippen LogP contribution in [0.25, 0.3) is 32.9 Å². The molecule has 1 amide bonds. The van der Waals surface area contributed by atoms with Crippen molar-refractivity contribution in [3.8, 4) is 22.6 Å². The molecule has 0 radical (unpaired) electrons. The molecule has 6 nitrogen and oxygen atoms in total. The number of nitrogens with zero attached hydrogens (tertiary/aromatic N) is 3. The molecular weight excluding hydrogens is 388 g/mol. The SMILES string of the molecule is CNC(=O)n1c(C)cc2cc(Oc3ccnc4cc(-c5cccnc5)ccc34)ccc21. The average Bonchev–Trinajstić information content (AvgIpc) is 3.14. The number of aromatic nitrogens is 3. The number of ether oxygens (including phenoxy) is 1. The summed E-state index contributed by atoms with van der Waals surface area (Å²) in [6, 6.07) is 19.4. The molecule has 0 spiro atoms. The van der Waals surface area contributed by atoms with E-state index in [2.05, 4.69) is 15.3 Å². The van der Waals surface area contributed by atoms with Gasteiger partial charge in [-0.25, -0.2) is 4.79 Å². The zero-order valence-corrected chi connectivity index (χ0v) is 17.2. The highest BCUT2D eigenvalue weighted by Gasteiger charge is 2.13. The van der Waals surface area contributed by atoms with E-state index in [1.54, 1.807) is 24.0 Å². The van der Waals surface area contributed by atoms with Gasteiger partial charge < -0.3 is 10.1 Å². The smallest absolute Gasteiger partial charge is 0.325 e. The van der Waals surface area contributed by atoms with Crippen LogP contribution in [0.5, 0.6) is 11.5 Å². The highest BCUT2D eigenvalue weighted by atomic mass is 16.5. The van der Waals surface area contributed by atoms with Gasteiger partial charge in [0.05, 0.1) is 11.0 Å². The van der Waals surface area contributed by atoms with E-state index in [9.17, 15) is 4.79 Å². The lowest BCUT2D eigenvalue weighted by atomic mass is 10.1. The molecule has 0 saturated heterocycles. The van der Waals surface area contributed by atoms with Crippen LogP contribution >= 0.6 is 0 Å². The standard InChI is InChI=1S/C25H20N4O2/c1-16-12-19-13-20(6-8-23(19)29(16)25(30)26-2)31-24-9-11-28-22-14-17(5-7-21(22)24)18-4-3-10-27-15-18/h3-15H,1-2H3,(H,26,30). The molecule has 152 valence electrons. The quantitative estimate of drug-likeness (QED) is 0.426. The number of rotatable bonds is 3. The van der Waals surface area contributed by atoms with Gasteiger partial charge in [0.25, 0.3) is 0 Å². The molecule has 0 aliphatic carbocycles. The first-order chi connectivity index (χ1) is 15.1. The third kappa shape index (κ3) is 3.38. The van der Waals surface area contributed by atoms with Crippen LogP contribution in [0.2, 0.25) is 0 Å². The number of nitrogens with one attached hydrogen (secondary N) is 1. The van der Waals surface area contributed by atoms with Crippen molar-refractivity contribution in [3.05, 3.63) is 84.9 Å². The molecule has 0 unspecified atom stereocenters. The predicted octanol–water partition coefficient (Wildman–Crippen LogP) is 5.54. The number of pyridine rings is 2. The van der Waals surface area contributed by atoms with Gasteiger partial charge in [0.15, 0.2) is 0 Å². The normalized spacial score (nSPS) is 11.0. The van der Waals surface area contributed by atoms with Gasteiger partial charge in [-0.15, -0.1) is 0 Å². The molecule has 5 rings (SSSR count). The van der Waals surface area contributed by atoms with E-state index in [4.69, 9.17) is 4.74 Å². The summed E-state index contributed by atoms with van der Waals surface area (Å²) in [5.74, 6) is 1.43. The number of aryl methyl sites for hydroxylation is 1. The topological polar surface area (TPSA) is 69.0 Å². The van der Waals surface area contributed by atoms with E-state index in [1.165, 1.54) is 0 Å². The fraction of sp³-hybridized carbons (Fsp3) is 0.0800. The lowest BCUT2D eigenvalue weighted by Crippen LogP contribution is -2.25. The Labute approximate surface area is 179 Å². The van der Waals surface area contributed by atoms with Gasteiger partial charge in [-0.2, -0.15) is 0 Å². The second kappa shape index (κ2) is 7.57.